The molecule has 10 heavy (non-hydrogen) atoms. The summed E-state index contributed by atoms with van der Waals surface area (Å²) < 4.78 is 5.03. The van der Waals surface area contributed by atoms with Gasteiger partial charge in [0, 0.05) is 0 Å². The molecule has 1 heterocycles. The highest BCUT2D eigenvalue weighted by molar-refractivity contribution is 4.90. The van der Waals surface area contributed by atoms with Crippen molar-refractivity contribution in [3.8, 4) is 0 Å². The first-order valence-electron chi connectivity index (χ1n) is 3.64. The Morgan fingerprint density at radius 1 is 1.50 bits per heavy atom. The van der Waals surface area contributed by atoms with E-state index in [0.29, 0.717) is 0 Å². The topological polar surface area (TPSA) is 38.5 Å². The van der Waals surface area contributed by atoms with Gasteiger partial charge in [-0.1, -0.05) is 0 Å². The van der Waals surface area contributed by atoms with Gasteiger partial charge in [0.2, 0.25) is 0 Å². The molecule has 3 heteroatoms. The number of rotatable bonds is 3. The number of hydrogen-bond donors (Lipinski definition) is 1. The minimum absolute atomic E-state index is 0.00965. The molecule has 0 bridgehead atoms. The molecular formula is C7H16N2O. The van der Waals surface area contributed by atoms with E-state index in [2.05, 4.69) is 19.0 Å². The Bertz CT molecular complexity index is 110. The van der Waals surface area contributed by atoms with E-state index in [0.717, 1.165) is 26.2 Å². The molecule has 2 N–H and O–H groups in total. The van der Waals surface area contributed by atoms with Crippen LogP contribution in [-0.2, 0) is 4.74 Å². The van der Waals surface area contributed by atoms with Crippen LogP contribution in [0.25, 0.3) is 0 Å². The predicted molar refractivity (Wildman–Crippen MR) is 40.9 cm³/mol. The molecule has 0 aliphatic carbocycles. The molecule has 1 fully saturated rings. The first kappa shape index (κ1) is 7.98. The van der Waals surface area contributed by atoms with Crippen LogP contribution in [0.4, 0.5) is 0 Å². The van der Waals surface area contributed by atoms with E-state index in [1.54, 1.807) is 0 Å². The van der Waals surface area contributed by atoms with Crippen LogP contribution >= 0.6 is 0 Å². The average Bonchev–Trinajstić information content (AvgIpc) is 1.79. The molecule has 0 aromatic rings. The normalized spacial score (nSPS) is 22.8. The van der Waals surface area contributed by atoms with E-state index >= 15 is 0 Å². The van der Waals surface area contributed by atoms with Crippen LogP contribution in [0.15, 0.2) is 0 Å². The maximum Gasteiger partial charge on any atom is 0.0670 e. The van der Waals surface area contributed by atoms with Crippen LogP contribution in [0.1, 0.15) is 6.42 Å². The number of nitrogens with two attached hydrogens (primary N) is 1. The summed E-state index contributed by atoms with van der Waals surface area (Å²) in [6, 6.07) is 0. The van der Waals surface area contributed by atoms with Crippen molar-refractivity contribution in [2.24, 2.45) is 5.73 Å². The number of nitrogens with zero attached hydrogens (tertiary/aromatic N) is 1. The molecule has 0 saturated carbocycles. The lowest BCUT2D eigenvalue weighted by molar-refractivity contribution is -0.0593. The molecule has 0 aromatic heterocycles. The molecule has 1 rings (SSSR count). The Morgan fingerprint density at radius 2 is 2.10 bits per heavy atom. The first-order valence-corrected chi connectivity index (χ1v) is 3.64. The van der Waals surface area contributed by atoms with Crippen LogP contribution in [0.3, 0.4) is 0 Å². The Hall–Kier alpha value is -0.120. The van der Waals surface area contributed by atoms with E-state index in [1.807, 2.05) is 0 Å². The minimum atomic E-state index is -0.00965. The molecule has 60 valence electrons. The highest BCUT2D eigenvalue weighted by Crippen LogP contribution is 2.17. The fourth-order valence-corrected chi connectivity index (χ4v) is 0.955. The van der Waals surface area contributed by atoms with Gasteiger partial charge < -0.3 is 15.4 Å². The van der Waals surface area contributed by atoms with Gasteiger partial charge in [0.1, 0.15) is 0 Å². The lowest BCUT2D eigenvalue weighted by Crippen LogP contribution is -2.58. The van der Waals surface area contributed by atoms with Gasteiger partial charge in [-0.3, -0.25) is 0 Å². The number of hydrogen-bond acceptors (Lipinski definition) is 3. The summed E-state index contributed by atoms with van der Waals surface area (Å²) in [5.41, 5.74) is 5.89. The smallest absolute Gasteiger partial charge is 0.0670 e. The summed E-state index contributed by atoms with van der Waals surface area (Å²) in [6.45, 7) is 2.53. The Labute approximate surface area is 62.1 Å². The molecule has 0 spiro atoms. The van der Waals surface area contributed by atoms with E-state index in [1.165, 1.54) is 0 Å². The van der Waals surface area contributed by atoms with Gasteiger partial charge >= 0.3 is 0 Å². The summed E-state index contributed by atoms with van der Waals surface area (Å²) in [5, 5.41) is 0. The summed E-state index contributed by atoms with van der Waals surface area (Å²) >= 11 is 0. The molecule has 0 aromatic carbocycles. The summed E-state index contributed by atoms with van der Waals surface area (Å²) in [5.74, 6) is 0. The fourth-order valence-electron chi connectivity index (χ4n) is 0.955. The largest absolute Gasteiger partial charge is 0.377 e. The Balaban J connectivity index is 2.12. The molecule has 0 amide bonds. The zero-order valence-corrected chi connectivity index (χ0v) is 6.76. The van der Waals surface area contributed by atoms with Gasteiger partial charge in [-0.2, -0.15) is 0 Å². The van der Waals surface area contributed by atoms with Gasteiger partial charge in [-0.05, 0) is 27.1 Å². The Morgan fingerprint density at radius 3 is 2.40 bits per heavy atom. The van der Waals surface area contributed by atoms with Gasteiger partial charge in [0.05, 0.1) is 18.8 Å². The second-order valence-electron chi connectivity index (χ2n) is 3.41. The van der Waals surface area contributed by atoms with Gasteiger partial charge in [0.15, 0.2) is 0 Å². The third-order valence-electron chi connectivity index (χ3n) is 1.84. The van der Waals surface area contributed by atoms with E-state index in [9.17, 15) is 0 Å². The lowest BCUT2D eigenvalue weighted by Gasteiger charge is -2.38. The van der Waals surface area contributed by atoms with E-state index < -0.39 is 0 Å². The average molecular weight is 144 g/mol. The fraction of sp³-hybridized carbons (Fsp3) is 1.00. The molecule has 0 unspecified atom stereocenters. The van der Waals surface area contributed by atoms with Crippen LogP contribution < -0.4 is 5.73 Å². The zero-order valence-electron chi connectivity index (χ0n) is 6.76. The lowest BCUT2D eigenvalue weighted by atomic mass is 9.95. The summed E-state index contributed by atoms with van der Waals surface area (Å²) in [4.78, 5) is 2.15. The van der Waals surface area contributed by atoms with Gasteiger partial charge in [-0.25, -0.2) is 0 Å². The zero-order chi connectivity index (χ0) is 7.61. The van der Waals surface area contributed by atoms with Gasteiger partial charge in [-0.15, -0.1) is 0 Å². The number of ether oxygens (including phenoxy) is 1. The van der Waals surface area contributed by atoms with Crippen molar-refractivity contribution in [2.45, 2.75) is 12.0 Å². The summed E-state index contributed by atoms with van der Waals surface area (Å²) in [7, 11) is 4.12. The predicted octanol–water partition coefficient (Wildman–Crippen LogP) is -0.334. The monoisotopic (exact) mass is 144 g/mol. The van der Waals surface area contributed by atoms with Crippen molar-refractivity contribution < 1.29 is 4.74 Å². The van der Waals surface area contributed by atoms with E-state index in [4.69, 9.17) is 10.5 Å². The van der Waals surface area contributed by atoms with Crippen molar-refractivity contribution in [3.63, 3.8) is 0 Å². The SMILES string of the molecule is CN(C)CCC1(N)COC1. The minimum Gasteiger partial charge on any atom is -0.377 e. The Kier molecular flexibility index (Phi) is 2.28. The molecule has 1 aliphatic heterocycles. The quantitative estimate of drug-likeness (QED) is 0.589. The molecular weight excluding hydrogens is 128 g/mol. The van der Waals surface area contributed by atoms with Crippen LogP contribution in [-0.4, -0.2) is 44.3 Å². The third-order valence-corrected chi connectivity index (χ3v) is 1.84. The first-order chi connectivity index (χ1) is 4.62. The van der Waals surface area contributed by atoms with Crippen molar-refractivity contribution in [1.82, 2.24) is 4.90 Å². The van der Waals surface area contributed by atoms with Crippen LogP contribution in [0.2, 0.25) is 0 Å². The highest BCUT2D eigenvalue weighted by Gasteiger charge is 2.33. The molecule has 0 radical (unpaired) electrons. The second kappa shape index (κ2) is 2.86. The molecule has 0 atom stereocenters. The maximum atomic E-state index is 5.90. The van der Waals surface area contributed by atoms with Crippen molar-refractivity contribution in [2.75, 3.05) is 33.9 Å². The third kappa shape index (κ3) is 1.94. The van der Waals surface area contributed by atoms with Crippen molar-refractivity contribution in [1.29, 1.82) is 0 Å². The maximum absolute atomic E-state index is 5.90. The van der Waals surface area contributed by atoms with Crippen LogP contribution in [0.5, 0.6) is 0 Å². The molecule has 1 saturated heterocycles. The van der Waals surface area contributed by atoms with Crippen LogP contribution in [0, 0.1) is 0 Å². The molecule has 1 aliphatic rings. The molecule has 3 nitrogen and oxygen atoms in total. The standard InChI is InChI=1S/C7H16N2O/c1-9(2)4-3-7(8)5-10-6-7/h3-6,8H2,1-2H3. The van der Waals surface area contributed by atoms with Gasteiger partial charge in [0.25, 0.3) is 0 Å². The van der Waals surface area contributed by atoms with E-state index in [-0.39, 0.29) is 5.54 Å². The summed E-state index contributed by atoms with van der Waals surface area (Å²) in [6.07, 6.45) is 1.04. The second-order valence-corrected chi connectivity index (χ2v) is 3.41. The highest BCUT2D eigenvalue weighted by atomic mass is 16.5. The van der Waals surface area contributed by atoms with Crippen molar-refractivity contribution in [3.05, 3.63) is 0 Å². The van der Waals surface area contributed by atoms with Crippen molar-refractivity contribution >= 4 is 0 Å².